The molecular formula is C41H45Cl2N7O4. The van der Waals surface area contributed by atoms with Crippen LogP contribution in [0.5, 0.6) is 0 Å². The van der Waals surface area contributed by atoms with Crippen molar-refractivity contribution in [3.63, 3.8) is 0 Å². The number of aliphatic imine (C=N–C) groups is 1. The number of carbonyl (C=O) groups is 4. The number of fused-ring (bicyclic) bond motifs is 1. The number of rotatable bonds is 13. The molecule has 0 radical (unpaired) electrons. The van der Waals surface area contributed by atoms with Crippen molar-refractivity contribution < 1.29 is 19.2 Å². The van der Waals surface area contributed by atoms with Gasteiger partial charge in [0.1, 0.15) is 11.6 Å². The number of hydrogen-bond donors (Lipinski definition) is 5. The van der Waals surface area contributed by atoms with Crippen LogP contribution in [-0.2, 0) is 38.4 Å². The molecule has 1 aliphatic carbocycles. The molecule has 0 bridgehead atoms. The number of guanidine groups is 1. The van der Waals surface area contributed by atoms with E-state index in [4.69, 9.17) is 28.9 Å². The molecular weight excluding hydrogens is 725 g/mol. The van der Waals surface area contributed by atoms with E-state index in [1.54, 1.807) is 48.3 Å². The molecule has 54 heavy (non-hydrogen) atoms. The molecule has 1 aliphatic heterocycles. The highest BCUT2D eigenvalue weighted by Gasteiger charge is 2.63. The van der Waals surface area contributed by atoms with Crippen LogP contribution >= 0.6 is 23.2 Å². The summed E-state index contributed by atoms with van der Waals surface area (Å²) in [5, 5.41) is 15.3. The van der Waals surface area contributed by atoms with E-state index in [2.05, 4.69) is 32.3 Å². The summed E-state index contributed by atoms with van der Waals surface area (Å²) in [6.07, 6.45) is 2.18. The van der Waals surface area contributed by atoms with Crippen LogP contribution in [0.3, 0.4) is 0 Å². The topological polar surface area (TPSA) is 158 Å². The molecule has 2 fully saturated rings. The first-order valence-electron chi connectivity index (χ1n) is 18.2. The van der Waals surface area contributed by atoms with Gasteiger partial charge < -0.3 is 21.3 Å². The zero-order valence-corrected chi connectivity index (χ0v) is 31.6. The molecule has 2 aliphatic rings. The number of carbonyl (C=O) groups excluding carboxylic acids is 4. The van der Waals surface area contributed by atoms with Crippen LogP contribution in [0.15, 0.2) is 96.0 Å². The zero-order valence-electron chi connectivity index (χ0n) is 30.1. The number of benzene rings is 4. The van der Waals surface area contributed by atoms with E-state index in [9.17, 15) is 19.2 Å². The third kappa shape index (κ3) is 9.76. The number of halogens is 2. The van der Waals surface area contributed by atoms with E-state index in [0.717, 1.165) is 27.5 Å². The molecule has 4 aromatic rings. The predicted octanol–water partition coefficient (Wildman–Crippen LogP) is 4.18. The first-order valence-corrected chi connectivity index (χ1v) is 18.9. The van der Waals surface area contributed by atoms with Crippen LogP contribution in [0.2, 0.25) is 10.0 Å². The summed E-state index contributed by atoms with van der Waals surface area (Å²) in [4.78, 5) is 59.8. The Morgan fingerprint density at radius 3 is 2.28 bits per heavy atom. The third-order valence-electron chi connectivity index (χ3n) is 10.2. The van der Waals surface area contributed by atoms with Gasteiger partial charge in [-0.1, -0.05) is 89.9 Å². The summed E-state index contributed by atoms with van der Waals surface area (Å²) in [6.45, 7) is 0.903. The Morgan fingerprint density at radius 1 is 0.907 bits per heavy atom. The van der Waals surface area contributed by atoms with Crippen molar-refractivity contribution in [2.45, 2.75) is 56.1 Å². The highest BCUT2D eigenvalue weighted by molar-refractivity contribution is 6.31. The van der Waals surface area contributed by atoms with Gasteiger partial charge in [0, 0.05) is 49.2 Å². The van der Waals surface area contributed by atoms with E-state index in [0.29, 0.717) is 48.8 Å². The Kier molecular flexibility index (Phi) is 12.5. The van der Waals surface area contributed by atoms with Crippen LogP contribution in [-0.4, -0.2) is 78.8 Å². The fourth-order valence-corrected chi connectivity index (χ4v) is 7.78. The molecule has 1 saturated carbocycles. The lowest BCUT2D eigenvalue weighted by Crippen LogP contribution is -2.56. The minimum absolute atomic E-state index is 0.00568. The minimum atomic E-state index is -0.950. The van der Waals surface area contributed by atoms with Gasteiger partial charge in [-0.25, -0.2) is 0 Å². The molecule has 0 aromatic heterocycles. The van der Waals surface area contributed by atoms with Crippen molar-refractivity contribution in [3.8, 4) is 0 Å². The molecule has 2 unspecified atom stereocenters. The largest absolute Gasteiger partial charge is 0.370 e. The van der Waals surface area contributed by atoms with Crippen molar-refractivity contribution in [2.75, 3.05) is 26.7 Å². The fourth-order valence-electron chi connectivity index (χ4n) is 7.35. The maximum absolute atomic E-state index is 14.7. The van der Waals surface area contributed by atoms with Crippen molar-refractivity contribution in [3.05, 3.63) is 118 Å². The molecule has 13 heteroatoms. The van der Waals surface area contributed by atoms with Gasteiger partial charge in [-0.3, -0.25) is 34.8 Å². The van der Waals surface area contributed by atoms with Crippen molar-refractivity contribution >= 4 is 63.6 Å². The first-order chi connectivity index (χ1) is 26.0. The second kappa shape index (κ2) is 17.4. The summed E-state index contributed by atoms with van der Waals surface area (Å²) in [6, 6.07) is 27.4. The Labute approximate surface area is 325 Å². The Bertz CT molecular complexity index is 2060. The maximum Gasteiger partial charge on any atom is 0.243 e. The number of nitrogens with zero attached hydrogens (tertiary/aromatic N) is 2. The third-order valence-corrected chi connectivity index (χ3v) is 10.6. The number of nitrogens with one attached hydrogen (secondary N) is 4. The van der Waals surface area contributed by atoms with Crippen LogP contribution < -0.4 is 27.0 Å². The van der Waals surface area contributed by atoms with Crippen molar-refractivity contribution in [2.24, 2.45) is 16.6 Å². The Hall–Kier alpha value is -4.97. The summed E-state index contributed by atoms with van der Waals surface area (Å²) < 4.78 is 0. The van der Waals surface area contributed by atoms with E-state index in [1.807, 2.05) is 48.5 Å². The second-order valence-corrected chi connectivity index (χ2v) is 14.9. The fraction of sp³-hybridized carbons (Fsp3) is 0.341. The van der Waals surface area contributed by atoms with Crippen molar-refractivity contribution in [1.82, 2.24) is 26.2 Å². The Morgan fingerprint density at radius 2 is 1.59 bits per heavy atom. The molecule has 1 heterocycles. The van der Waals surface area contributed by atoms with E-state index in [1.165, 1.54) is 0 Å². The highest BCUT2D eigenvalue weighted by Crippen LogP contribution is 2.49. The molecule has 282 valence electrons. The molecule has 1 spiro atoms. The van der Waals surface area contributed by atoms with E-state index < -0.39 is 11.6 Å². The van der Waals surface area contributed by atoms with Gasteiger partial charge in [0.2, 0.25) is 23.6 Å². The number of hydrogen-bond acceptors (Lipinski definition) is 6. The Balaban J connectivity index is 1.16. The lowest BCUT2D eigenvalue weighted by atomic mass is 9.99. The zero-order chi connectivity index (χ0) is 38.2. The van der Waals surface area contributed by atoms with E-state index in [-0.39, 0.29) is 60.9 Å². The summed E-state index contributed by atoms with van der Waals surface area (Å²) in [5.41, 5.74) is 7.62. The van der Waals surface area contributed by atoms with Crippen LogP contribution in [0.1, 0.15) is 36.0 Å². The SMILES string of the molecule is CNC(=O)[C@H](Cc1ccc2ccccc2c1)N1CC[C@H](CNC(=O)Cc2cccc(Cl)c2)NC2(CC2CCN=C(N)NC(=O)Cc2cccc(Cl)c2)C1=O. The molecule has 1 saturated heterocycles. The van der Waals surface area contributed by atoms with Gasteiger partial charge in [-0.2, -0.15) is 0 Å². The van der Waals surface area contributed by atoms with Crippen LogP contribution in [0.4, 0.5) is 0 Å². The average molecular weight is 771 g/mol. The lowest BCUT2D eigenvalue weighted by Gasteiger charge is -2.32. The van der Waals surface area contributed by atoms with Gasteiger partial charge in [-0.05, 0) is 76.9 Å². The number of amides is 4. The molecule has 11 nitrogen and oxygen atoms in total. The van der Waals surface area contributed by atoms with Gasteiger partial charge in [-0.15, -0.1) is 0 Å². The summed E-state index contributed by atoms with van der Waals surface area (Å²) >= 11 is 12.2. The van der Waals surface area contributed by atoms with Crippen LogP contribution in [0, 0.1) is 5.92 Å². The summed E-state index contributed by atoms with van der Waals surface area (Å²) in [5.74, 6) is -0.988. The maximum atomic E-state index is 14.7. The monoisotopic (exact) mass is 769 g/mol. The first kappa shape index (κ1) is 38.7. The van der Waals surface area contributed by atoms with Gasteiger partial charge >= 0.3 is 0 Å². The smallest absolute Gasteiger partial charge is 0.243 e. The number of likely N-dealkylation sites (N-methyl/N-ethyl adjacent to an activating group) is 1. The average Bonchev–Trinajstić information content (AvgIpc) is 3.87. The summed E-state index contributed by atoms with van der Waals surface area (Å²) in [7, 11) is 1.58. The van der Waals surface area contributed by atoms with Crippen LogP contribution in [0.25, 0.3) is 10.8 Å². The second-order valence-electron chi connectivity index (χ2n) is 14.0. The number of nitrogens with two attached hydrogens (primary N) is 1. The normalized spacial score (nSPS) is 20.3. The molecule has 6 rings (SSSR count). The van der Waals surface area contributed by atoms with Gasteiger partial charge in [0.05, 0.1) is 12.8 Å². The lowest BCUT2D eigenvalue weighted by molar-refractivity contribution is -0.142. The standard InChI is InChI=1S/C41H45Cl2N7O4/c1-45-38(53)35(21-28-12-13-29-8-2-3-9-30(29)18-28)50-17-15-34(25-47-36(51)22-26-6-4-10-32(42)19-26)49-41(39(50)54)24-31(41)14-16-46-40(44)48-37(52)23-27-7-5-11-33(43)20-27/h2-13,18-20,31,34-35,49H,14-17,21-25H2,1H3,(H,45,53)(H,47,51)(H3,44,46,48,52)/t31?,34-,35+,41?/m1/s1. The molecule has 4 aromatic carbocycles. The van der Waals surface area contributed by atoms with Gasteiger partial charge in [0.25, 0.3) is 0 Å². The van der Waals surface area contributed by atoms with Crippen molar-refractivity contribution in [1.29, 1.82) is 0 Å². The highest BCUT2D eigenvalue weighted by atomic mass is 35.5. The minimum Gasteiger partial charge on any atom is -0.370 e. The quantitative estimate of drug-likeness (QED) is 0.102. The predicted molar refractivity (Wildman–Crippen MR) is 212 cm³/mol. The molecule has 4 amide bonds. The van der Waals surface area contributed by atoms with E-state index >= 15 is 0 Å². The van der Waals surface area contributed by atoms with Gasteiger partial charge in [0.15, 0.2) is 5.96 Å². The molecule has 6 N–H and O–H groups in total. The molecule has 4 atom stereocenters.